The lowest BCUT2D eigenvalue weighted by Crippen LogP contribution is -2.45. The maximum atomic E-state index is 13.0. The van der Waals surface area contributed by atoms with Crippen LogP contribution in [0, 0.1) is 0 Å². The number of pyridine rings is 1. The molecule has 1 aliphatic heterocycles. The van der Waals surface area contributed by atoms with Crippen LogP contribution in [0.2, 0.25) is 0 Å². The maximum absolute atomic E-state index is 13.0. The molecule has 1 aromatic carbocycles. The summed E-state index contributed by atoms with van der Waals surface area (Å²) in [6.45, 7) is 0.666. The Labute approximate surface area is 188 Å². The van der Waals surface area contributed by atoms with Crippen LogP contribution in [0.1, 0.15) is 41.6 Å². The average Bonchev–Trinajstić information content (AvgIpc) is 3.32. The molecule has 4 rings (SSSR count). The number of carbonyl (C=O) groups excluding carboxylic acids is 1. The Bertz CT molecular complexity index is 962. The number of amides is 1. The van der Waals surface area contributed by atoms with Crippen LogP contribution in [0.3, 0.4) is 0 Å². The van der Waals surface area contributed by atoms with Crippen molar-refractivity contribution < 1.29 is 37.3 Å². The first-order valence-electron chi connectivity index (χ1n) is 10.8. The normalized spacial score (nSPS) is 23.3. The summed E-state index contributed by atoms with van der Waals surface area (Å²) in [6, 6.07) is 5.75. The molecular formula is C23H25F3N2O5. The van der Waals surface area contributed by atoms with E-state index < -0.39 is 23.8 Å². The predicted octanol–water partition coefficient (Wildman–Crippen LogP) is 3.55. The van der Waals surface area contributed by atoms with Gasteiger partial charge in [0.05, 0.1) is 29.9 Å². The zero-order valence-corrected chi connectivity index (χ0v) is 17.8. The van der Waals surface area contributed by atoms with Crippen molar-refractivity contribution >= 4 is 5.91 Å². The molecule has 1 saturated heterocycles. The highest BCUT2D eigenvalue weighted by molar-refractivity contribution is 5.95. The molecule has 2 fully saturated rings. The van der Waals surface area contributed by atoms with Gasteiger partial charge in [0.2, 0.25) is 5.88 Å². The second-order valence-corrected chi connectivity index (χ2v) is 8.17. The van der Waals surface area contributed by atoms with Crippen LogP contribution in [0.5, 0.6) is 5.88 Å². The summed E-state index contributed by atoms with van der Waals surface area (Å²) < 4.78 is 55.2. The van der Waals surface area contributed by atoms with Crippen LogP contribution in [-0.2, 0) is 15.7 Å². The molecule has 2 heterocycles. The summed E-state index contributed by atoms with van der Waals surface area (Å²) in [7, 11) is 0. The van der Waals surface area contributed by atoms with E-state index in [0.717, 1.165) is 25.0 Å². The number of hydrogen-bond donors (Lipinski definition) is 2. The first-order chi connectivity index (χ1) is 15.8. The fourth-order valence-electron chi connectivity index (χ4n) is 3.91. The van der Waals surface area contributed by atoms with Crippen molar-refractivity contribution in [3.63, 3.8) is 0 Å². The molecule has 3 atom stereocenters. The van der Waals surface area contributed by atoms with Crippen molar-refractivity contribution in [3.05, 3.63) is 47.7 Å². The van der Waals surface area contributed by atoms with Crippen LogP contribution in [0.4, 0.5) is 13.2 Å². The van der Waals surface area contributed by atoms with Gasteiger partial charge < -0.3 is 24.6 Å². The van der Waals surface area contributed by atoms with Gasteiger partial charge in [-0.2, -0.15) is 13.2 Å². The van der Waals surface area contributed by atoms with Gasteiger partial charge >= 0.3 is 6.18 Å². The molecule has 0 radical (unpaired) electrons. The van der Waals surface area contributed by atoms with Gasteiger partial charge in [-0.15, -0.1) is 0 Å². The Morgan fingerprint density at radius 1 is 1.21 bits per heavy atom. The van der Waals surface area contributed by atoms with Gasteiger partial charge in [-0.05, 0) is 36.6 Å². The molecule has 1 amide bonds. The third kappa shape index (κ3) is 5.82. The number of ether oxygens (including phenoxy) is 3. The first kappa shape index (κ1) is 23.5. The highest BCUT2D eigenvalue weighted by Gasteiger charge is 2.30. The van der Waals surface area contributed by atoms with Crippen LogP contribution >= 0.6 is 0 Å². The topological polar surface area (TPSA) is 89.9 Å². The van der Waals surface area contributed by atoms with E-state index in [0.29, 0.717) is 30.6 Å². The van der Waals surface area contributed by atoms with Crippen molar-refractivity contribution in [2.75, 3.05) is 20.0 Å². The van der Waals surface area contributed by atoms with Crippen LogP contribution in [0.25, 0.3) is 11.1 Å². The van der Waals surface area contributed by atoms with Crippen LogP contribution in [0.15, 0.2) is 36.5 Å². The quantitative estimate of drug-likeness (QED) is 0.677. The number of nitrogens with one attached hydrogen (secondary N) is 1. The van der Waals surface area contributed by atoms with E-state index in [1.165, 1.54) is 24.4 Å². The van der Waals surface area contributed by atoms with E-state index in [9.17, 15) is 23.1 Å². The molecule has 33 heavy (non-hydrogen) atoms. The number of aromatic nitrogens is 1. The van der Waals surface area contributed by atoms with Crippen molar-refractivity contribution in [1.29, 1.82) is 0 Å². The Kier molecular flexibility index (Phi) is 7.16. The number of aliphatic hydroxyl groups is 1. The molecule has 2 aliphatic rings. The number of nitrogens with zero attached hydrogens (tertiary/aromatic N) is 1. The average molecular weight is 466 g/mol. The molecule has 1 saturated carbocycles. The fourth-order valence-corrected chi connectivity index (χ4v) is 3.91. The maximum Gasteiger partial charge on any atom is 0.416 e. The summed E-state index contributed by atoms with van der Waals surface area (Å²) >= 11 is 0. The van der Waals surface area contributed by atoms with Gasteiger partial charge in [0.1, 0.15) is 19.5 Å². The zero-order chi connectivity index (χ0) is 23.4. The minimum atomic E-state index is -4.46. The molecule has 0 bridgehead atoms. The number of carbonyl (C=O) groups is 1. The van der Waals surface area contributed by atoms with Crippen LogP contribution in [-0.4, -0.2) is 54.3 Å². The molecule has 1 unspecified atom stereocenters. The van der Waals surface area contributed by atoms with E-state index in [4.69, 9.17) is 14.2 Å². The lowest BCUT2D eigenvalue weighted by atomic mass is 9.92. The minimum absolute atomic E-state index is 0.139. The van der Waals surface area contributed by atoms with E-state index in [-0.39, 0.29) is 37.0 Å². The van der Waals surface area contributed by atoms with Crippen molar-refractivity contribution in [3.8, 4) is 17.0 Å². The van der Waals surface area contributed by atoms with Gasteiger partial charge in [-0.25, -0.2) is 4.98 Å². The second-order valence-electron chi connectivity index (χ2n) is 8.17. The third-order valence-corrected chi connectivity index (χ3v) is 5.78. The number of rotatable bonds is 6. The summed E-state index contributed by atoms with van der Waals surface area (Å²) in [4.78, 5) is 17.1. The Balaban J connectivity index is 1.59. The number of benzene rings is 1. The lowest BCUT2D eigenvalue weighted by Gasteiger charge is -2.28. The Morgan fingerprint density at radius 2 is 1.97 bits per heavy atom. The second kappa shape index (κ2) is 10.1. The number of alkyl halides is 3. The predicted molar refractivity (Wildman–Crippen MR) is 112 cm³/mol. The third-order valence-electron chi connectivity index (χ3n) is 5.78. The highest BCUT2D eigenvalue weighted by Crippen LogP contribution is 2.34. The number of hydrogen-bond acceptors (Lipinski definition) is 6. The largest absolute Gasteiger partial charge is 0.474 e. The van der Waals surface area contributed by atoms with Gasteiger partial charge in [-0.1, -0.05) is 25.0 Å². The van der Waals surface area contributed by atoms with Crippen molar-refractivity contribution in [1.82, 2.24) is 10.3 Å². The Hall–Kier alpha value is -2.69. The Morgan fingerprint density at radius 3 is 2.64 bits per heavy atom. The van der Waals surface area contributed by atoms with Crippen molar-refractivity contribution in [2.45, 2.75) is 50.1 Å². The summed E-state index contributed by atoms with van der Waals surface area (Å²) in [5.74, 6) is -0.250. The molecule has 1 aliphatic carbocycles. The number of halogens is 3. The summed E-state index contributed by atoms with van der Waals surface area (Å²) in [5, 5.41) is 13.0. The molecule has 2 N–H and O–H groups in total. The smallest absolute Gasteiger partial charge is 0.416 e. The van der Waals surface area contributed by atoms with Gasteiger partial charge in [0, 0.05) is 11.8 Å². The van der Waals surface area contributed by atoms with Crippen LogP contribution < -0.4 is 10.1 Å². The van der Waals surface area contributed by atoms with E-state index in [1.807, 2.05) is 0 Å². The first-order valence-corrected chi connectivity index (χ1v) is 10.8. The monoisotopic (exact) mass is 466 g/mol. The molecule has 2 aromatic rings. The SMILES string of the molecule is O=C(N[C@@H]1CCCC[C@H]1O)c1cnc(OCC2COCO2)c(-c2ccc(C(F)(F)F)cc2)c1. The molecule has 7 nitrogen and oxygen atoms in total. The molecular weight excluding hydrogens is 441 g/mol. The summed E-state index contributed by atoms with van der Waals surface area (Å²) in [5.41, 5.74) is 0.231. The molecule has 0 spiro atoms. The summed E-state index contributed by atoms with van der Waals surface area (Å²) in [6.07, 6.45) is -0.885. The van der Waals surface area contributed by atoms with Gasteiger partial charge in [0.15, 0.2) is 0 Å². The zero-order valence-electron chi connectivity index (χ0n) is 17.8. The standard InChI is InChI=1S/C23H25F3N2O5/c24-23(25,26)16-7-5-14(6-8-16)18-9-15(21(30)28-19-3-1-2-4-20(19)29)10-27-22(18)32-12-17-11-31-13-33-17/h5-10,17,19-20,29H,1-4,11-13H2,(H,28,30)/t17?,19-,20-/m1/s1. The van der Waals surface area contributed by atoms with Gasteiger partial charge in [-0.3, -0.25) is 4.79 Å². The fraction of sp³-hybridized carbons (Fsp3) is 0.478. The molecule has 10 heteroatoms. The lowest BCUT2D eigenvalue weighted by molar-refractivity contribution is -0.137. The van der Waals surface area contributed by atoms with Crippen molar-refractivity contribution in [2.24, 2.45) is 0 Å². The highest BCUT2D eigenvalue weighted by atomic mass is 19.4. The minimum Gasteiger partial charge on any atom is -0.474 e. The van der Waals surface area contributed by atoms with Gasteiger partial charge in [0.25, 0.3) is 5.91 Å². The van der Waals surface area contributed by atoms with E-state index >= 15 is 0 Å². The number of aliphatic hydroxyl groups excluding tert-OH is 1. The molecule has 178 valence electrons. The van der Waals surface area contributed by atoms with E-state index in [2.05, 4.69) is 10.3 Å². The van der Waals surface area contributed by atoms with E-state index in [1.54, 1.807) is 0 Å². The molecule has 1 aromatic heterocycles.